The quantitative estimate of drug-likeness (QED) is 0.527. The van der Waals surface area contributed by atoms with E-state index in [1.54, 1.807) is 6.08 Å². The summed E-state index contributed by atoms with van der Waals surface area (Å²) in [6.45, 7) is 4.48. The fourth-order valence-electron chi connectivity index (χ4n) is 3.20. The van der Waals surface area contributed by atoms with Crippen molar-refractivity contribution in [1.29, 1.82) is 0 Å². The summed E-state index contributed by atoms with van der Waals surface area (Å²) < 4.78 is 1.28. The molecular formula is C23H26N4O3S. The number of thiophene rings is 1. The number of H-pyrrole nitrogens is 1. The Hall–Kier alpha value is -3.39. The molecule has 0 aliphatic carbocycles. The number of nitrogens with two attached hydrogens (primary N) is 1. The number of nitrogen functional groups attached to an aromatic ring is 1. The molecule has 0 aliphatic rings. The number of aryl methyl sites for hydroxylation is 1. The van der Waals surface area contributed by atoms with E-state index in [1.807, 2.05) is 55.6 Å². The van der Waals surface area contributed by atoms with Crippen LogP contribution < -0.4 is 21.9 Å². The van der Waals surface area contributed by atoms with Crippen LogP contribution in [0, 0.1) is 6.92 Å². The minimum absolute atomic E-state index is 0.00142. The van der Waals surface area contributed by atoms with Crippen molar-refractivity contribution in [2.75, 3.05) is 17.2 Å². The molecule has 8 heteroatoms. The second kappa shape index (κ2) is 10.1. The Morgan fingerprint density at radius 1 is 1.23 bits per heavy atom. The number of nitrogens with one attached hydrogen (secondary N) is 1. The predicted molar refractivity (Wildman–Crippen MR) is 127 cm³/mol. The van der Waals surface area contributed by atoms with Crippen molar-refractivity contribution < 1.29 is 4.79 Å². The number of aromatic nitrogens is 2. The molecule has 1 amide bonds. The van der Waals surface area contributed by atoms with Crippen molar-refractivity contribution in [1.82, 2.24) is 9.55 Å². The van der Waals surface area contributed by atoms with Gasteiger partial charge in [0, 0.05) is 17.5 Å². The zero-order valence-electron chi connectivity index (χ0n) is 17.6. The molecule has 31 heavy (non-hydrogen) atoms. The molecule has 0 fully saturated rings. The molecule has 0 radical (unpaired) electrons. The lowest BCUT2D eigenvalue weighted by Crippen LogP contribution is -2.41. The van der Waals surface area contributed by atoms with E-state index in [1.165, 1.54) is 26.9 Å². The third kappa shape index (κ3) is 5.21. The molecule has 3 aromatic rings. The lowest BCUT2D eigenvalue weighted by atomic mass is 10.2. The van der Waals surface area contributed by atoms with Gasteiger partial charge in [-0.25, -0.2) is 4.79 Å². The number of carbonyl (C=O) groups is 1. The van der Waals surface area contributed by atoms with Crippen molar-refractivity contribution >= 4 is 34.8 Å². The molecule has 3 N–H and O–H groups in total. The second-order valence-electron chi connectivity index (χ2n) is 7.21. The first-order chi connectivity index (χ1) is 14.9. The van der Waals surface area contributed by atoms with E-state index in [-0.39, 0.29) is 24.0 Å². The molecule has 0 unspecified atom stereocenters. The molecule has 1 aromatic carbocycles. The average molecular weight is 439 g/mol. The molecule has 0 saturated heterocycles. The van der Waals surface area contributed by atoms with Gasteiger partial charge in [0.25, 0.3) is 11.5 Å². The Kier molecular flexibility index (Phi) is 7.25. The Morgan fingerprint density at radius 2 is 1.97 bits per heavy atom. The number of hydrogen-bond acceptors (Lipinski definition) is 5. The van der Waals surface area contributed by atoms with Crippen molar-refractivity contribution in [3.63, 3.8) is 0 Å². The molecule has 3 rings (SSSR count). The van der Waals surface area contributed by atoms with Gasteiger partial charge in [0.1, 0.15) is 5.82 Å². The zero-order valence-corrected chi connectivity index (χ0v) is 18.4. The van der Waals surface area contributed by atoms with Crippen molar-refractivity contribution in [3.8, 4) is 0 Å². The van der Waals surface area contributed by atoms with Crippen molar-refractivity contribution in [2.24, 2.45) is 0 Å². The maximum atomic E-state index is 13.1. The fourth-order valence-corrected chi connectivity index (χ4v) is 4.02. The first-order valence-electron chi connectivity index (χ1n) is 10.1. The summed E-state index contributed by atoms with van der Waals surface area (Å²) in [5.41, 5.74) is 6.94. The molecule has 2 heterocycles. The third-order valence-corrected chi connectivity index (χ3v) is 5.93. The molecule has 7 nitrogen and oxygen atoms in total. The number of hydrogen-bond donors (Lipinski definition) is 2. The lowest BCUT2D eigenvalue weighted by Gasteiger charge is -2.23. The summed E-state index contributed by atoms with van der Waals surface area (Å²) in [5, 5.41) is 1.95. The van der Waals surface area contributed by atoms with Gasteiger partial charge in [0.05, 0.1) is 6.54 Å². The molecule has 0 spiro atoms. The topological polar surface area (TPSA) is 101 Å². The van der Waals surface area contributed by atoms with Crippen LogP contribution in [0.5, 0.6) is 0 Å². The van der Waals surface area contributed by atoms with Crippen LogP contribution in [0.25, 0.3) is 6.08 Å². The number of carbonyl (C=O) groups excluding carboxylic acids is 1. The monoisotopic (exact) mass is 438 g/mol. The van der Waals surface area contributed by atoms with Gasteiger partial charge in [0.2, 0.25) is 0 Å². The van der Waals surface area contributed by atoms with E-state index in [0.717, 1.165) is 22.4 Å². The van der Waals surface area contributed by atoms with E-state index in [4.69, 9.17) is 5.73 Å². The zero-order chi connectivity index (χ0) is 22.4. The highest BCUT2D eigenvalue weighted by Gasteiger charge is 2.22. The summed E-state index contributed by atoms with van der Waals surface area (Å²) in [7, 11) is 0. The van der Waals surface area contributed by atoms with Gasteiger partial charge in [-0.05, 0) is 42.0 Å². The number of rotatable bonds is 8. The maximum absolute atomic E-state index is 13.1. The van der Waals surface area contributed by atoms with Crippen LogP contribution in [0.15, 0.2) is 57.4 Å². The third-order valence-electron chi connectivity index (χ3n) is 4.95. The van der Waals surface area contributed by atoms with Gasteiger partial charge < -0.3 is 10.6 Å². The summed E-state index contributed by atoms with van der Waals surface area (Å²) >= 11 is 1.53. The number of amides is 1. The van der Waals surface area contributed by atoms with Gasteiger partial charge in [-0.15, -0.1) is 11.3 Å². The van der Waals surface area contributed by atoms with E-state index in [9.17, 15) is 14.4 Å². The van der Waals surface area contributed by atoms with Gasteiger partial charge >= 0.3 is 5.69 Å². The number of unbranched alkanes of at least 4 members (excludes halogenated alkanes) is 1. The molecule has 0 bridgehead atoms. The molecular weight excluding hydrogens is 412 g/mol. The van der Waals surface area contributed by atoms with Crippen LogP contribution >= 0.6 is 11.3 Å². The van der Waals surface area contributed by atoms with Crippen LogP contribution in [0.4, 0.5) is 11.5 Å². The average Bonchev–Trinajstić information content (AvgIpc) is 3.17. The van der Waals surface area contributed by atoms with Crippen LogP contribution in [0.1, 0.15) is 35.8 Å². The minimum Gasteiger partial charge on any atom is -0.383 e. The molecule has 0 saturated carbocycles. The Balaban J connectivity index is 2.02. The summed E-state index contributed by atoms with van der Waals surface area (Å²) in [6.07, 6.45) is 4.71. The number of benzene rings is 1. The maximum Gasteiger partial charge on any atom is 0.330 e. The Labute approximate surface area is 184 Å². The van der Waals surface area contributed by atoms with Crippen LogP contribution in [0.3, 0.4) is 0 Å². The van der Waals surface area contributed by atoms with E-state index < -0.39 is 11.2 Å². The standard InChI is InChI=1S/C23H26N4O3S/c1-3-4-13-26(19(28)11-10-18-16(2)12-14-31-18)20-21(24)27(23(30)25-22(20)29)15-17-8-6-5-7-9-17/h5-12,14H,3-4,13,15,24H2,1-2H3,(H,25,29,30)/b11-10+. The Morgan fingerprint density at radius 3 is 2.61 bits per heavy atom. The van der Waals surface area contributed by atoms with Gasteiger partial charge in [-0.3, -0.25) is 19.1 Å². The van der Waals surface area contributed by atoms with E-state index in [2.05, 4.69) is 4.98 Å². The van der Waals surface area contributed by atoms with Gasteiger partial charge in [-0.1, -0.05) is 43.7 Å². The SMILES string of the molecule is CCCCN(C(=O)/C=C/c1sccc1C)c1c(N)n(Cc2ccccc2)c(=O)[nH]c1=O. The first-order valence-corrected chi connectivity index (χ1v) is 11.0. The normalized spacial score (nSPS) is 11.2. The smallest absolute Gasteiger partial charge is 0.330 e. The van der Waals surface area contributed by atoms with Crippen molar-refractivity contribution in [3.05, 3.63) is 84.7 Å². The molecule has 2 aromatic heterocycles. The molecule has 162 valence electrons. The van der Waals surface area contributed by atoms with Crippen LogP contribution in [-0.4, -0.2) is 22.0 Å². The van der Waals surface area contributed by atoms with Gasteiger partial charge in [0.15, 0.2) is 5.69 Å². The Bertz CT molecular complexity index is 1190. The number of nitrogens with zero attached hydrogens (tertiary/aromatic N) is 2. The highest BCUT2D eigenvalue weighted by atomic mass is 32.1. The summed E-state index contributed by atoms with van der Waals surface area (Å²) in [5.74, 6) is -0.383. The van der Waals surface area contributed by atoms with Gasteiger partial charge in [-0.2, -0.15) is 0 Å². The first kappa shape index (κ1) is 22.3. The fraction of sp³-hybridized carbons (Fsp3) is 0.261. The molecule has 0 aliphatic heterocycles. The summed E-state index contributed by atoms with van der Waals surface area (Å²) in [4.78, 5) is 42.9. The largest absolute Gasteiger partial charge is 0.383 e. The highest BCUT2D eigenvalue weighted by Crippen LogP contribution is 2.21. The van der Waals surface area contributed by atoms with E-state index >= 15 is 0 Å². The summed E-state index contributed by atoms with van der Waals surface area (Å²) in [6, 6.07) is 11.3. The van der Waals surface area contributed by atoms with Crippen LogP contribution in [-0.2, 0) is 11.3 Å². The highest BCUT2D eigenvalue weighted by molar-refractivity contribution is 7.11. The lowest BCUT2D eigenvalue weighted by molar-refractivity contribution is -0.114. The van der Waals surface area contributed by atoms with Crippen LogP contribution in [0.2, 0.25) is 0 Å². The van der Waals surface area contributed by atoms with Crippen molar-refractivity contribution in [2.45, 2.75) is 33.2 Å². The number of aromatic amines is 1. The molecule has 0 atom stereocenters. The van der Waals surface area contributed by atoms with E-state index in [0.29, 0.717) is 13.0 Å². The second-order valence-corrected chi connectivity index (χ2v) is 8.16. The number of anilines is 2. The predicted octanol–water partition coefficient (Wildman–Crippen LogP) is 3.38. The minimum atomic E-state index is -0.669.